The highest BCUT2D eigenvalue weighted by atomic mass is 35.5. The SMILES string of the molecule is O=[N+]([O-])c1cccc(Cl)c1-c1nc(Cl)no1. The molecular weight excluding hydrogens is 257 g/mol. The van der Waals surface area contributed by atoms with Crippen LogP contribution in [0.25, 0.3) is 11.5 Å². The summed E-state index contributed by atoms with van der Waals surface area (Å²) in [6.45, 7) is 0. The van der Waals surface area contributed by atoms with Gasteiger partial charge in [0.05, 0.1) is 9.95 Å². The lowest BCUT2D eigenvalue weighted by atomic mass is 10.2. The lowest BCUT2D eigenvalue weighted by Gasteiger charge is -1.99. The van der Waals surface area contributed by atoms with Crippen molar-refractivity contribution in [1.29, 1.82) is 0 Å². The molecule has 6 nitrogen and oxygen atoms in total. The van der Waals surface area contributed by atoms with Crippen LogP contribution in [0.3, 0.4) is 0 Å². The molecule has 0 spiro atoms. The third-order valence-corrected chi connectivity index (χ3v) is 2.27. The summed E-state index contributed by atoms with van der Waals surface area (Å²) in [6, 6.07) is 4.24. The van der Waals surface area contributed by atoms with E-state index in [0.29, 0.717) is 0 Å². The van der Waals surface area contributed by atoms with Crippen molar-refractivity contribution in [2.45, 2.75) is 0 Å². The van der Waals surface area contributed by atoms with Gasteiger partial charge in [-0.1, -0.05) is 17.7 Å². The highest BCUT2D eigenvalue weighted by Gasteiger charge is 2.23. The predicted octanol–water partition coefficient (Wildman–Crippen LogP) is 2.95. The minimum absolute atomic E-state index is 0.0635. The summed E-state index contributed by atoms with van der Waals surface area (Å²) >= 11 is 11.3. The van der Waals surface area contributed by atoms with E-state index in [-0.39, 0.29) is 27.4 Å². The topological polar surface area (TPSA) is 82.1 Å². The van der Waals surface area contributed by atoms with E-state index in [2.05, 4.69) is 10.1 Å². The molecule has 0 saturated carbocycles. The number of nitrogens with zero attached hydrogens (tertiary/aromatic N) is 3. The molecule has 16 heavy (non-hydrogen) atoms. The van der Waals surface area contributed by atoms with Crippen LogP contribution in [-0.2, 0) is 0 Å². The normalized spacial score (nSPS) is 10.4. The van der Waals surface area contributed by atoms with Crippen LogP contribution in [0, 0.1) is 10.1 Å². The lowest BCUT2D eigenvalue weighted by molar-refractivity contribution is -0.384. The van der Waals surface area contributed by atoms with Gasteiger partial charge in [0.2, 0.25) is 0 Å². The van der Waals surface area contributed by atoms with E-state index in [1.54, 1.807) is 0 Å². The predicted molar refractivity (Wildman–Crippen MR) is 56.4 cm³/mol. The number of hydrogen-bond donors (Lipinski definition) is 0. The van der Waals surface area contributed by atoms with Gasteiger partial charge in [-0.25, -0.2) is 0 Å². The van der Waals surface area contributed by atoms with Gasteiger partial charge in [-0.15, -0.1) is 0 Å². The lowest BCUT2D eigenvalue weighted by Crippen LogP contribution is -1.92. The summed E-state index contributed by atoms with van der Waals surface area (Å²) in [7, 11) is 0. The van der Waals surface area contributed by atoms with E-state index in [1.807, 2.05) is 0 Å². The maximum atomic E-state index is 10.8. The molecule has 0 bridgehead atoms. The first-order valence-electron chi connectivity index (χ1n) is 4.02. The summed E-state index contributed by atoms with van der Waals surface area (Å²) < 4.78 is 4.74. The molecule has 0 fully saturated rings. The van der Waals surface area contributed by atoms with E-state index >= 15 is 0 Å². The van der Waals surface area contributed by atoms with Crippen molar-refractivity contribution in [2.24, 2.45) is 0 Å². The monoisotopic (exact) mass is 259 g/mol. The van der Waals surface area contributed by atoms with E-state index in [0.717, 1.165) is 0 Å². The number of nitro groups is 1. The van der Waals surface area contributed by atoms with Crippen LogP contribution in [-0.4, -0.2) is 15.1 Å². The first-order valence-corrected chi connectivity index (χ1v) is 4.77. The van der Waals surface area contributed by atoms with Crippen LogP contribution in [0.4, 0.5) is 5.69 Å². The Morgan fingerprint density at radius 2 is 2.12 bits per heavy atom. The van der Waals surface area contributed by atoms with Crippen LogP contribution in [0.2, 0.25) is 10.3 Å². The van der Waals surface area contributed by atoms with Gasteiger partial charge in [-0.3, -0.25) is 10.1 Å². The van der Waals surface area contributed by atoms with Crippen LogP contribution in [0.15, 0.2) is 22.7 Å². The third-order valence-electron chi connectivity index (χ3n) is 1.80. The van der Waals surface area contributed by atoms with E-state index in [9.17, 15) is 10.1 Å². The molecule has 2 rings (SSSR count). The first-order chi connectivity index (χ1) is 7.59. The van der Waals surface area contributed by atoms with Crippen molar-refractivity contribution < 1.29 is 9.45 Å². The second-order valence-corrected chi connectivity index (χ2v) is 3.50. The zero-order valence-corrected chi connectivity index (χ0v) is 9.07. The Kier molecular flexibility index (Phi) is 2.76. The second-order valence-electron chi connectivity index (χ2n) is 2.76. The Hall–Kier alpha value is -1.66. The number of rotatable bonds is 2. The molecule has 0 unspecified atom stereocenters. The van der Waals surface area contributed by atoms with Crippen LogP contribution < -0.4 is 0 Å². The van der Waals surface area contributed by atoms with E-state index in [1.165, 1.54) is 18.2 Å². The zero-order valence-electron chi connectivity index (χ0n) is 7.55. The number of nitro benzene ring substituents is 1. The average Bonchev–Trinajstić information content (AvgIpc) is 2.64. The fraction of sp³-hybridized carbons (Fsp3) is 0. The molecule has 1 heterocycles. The van der Waals surface area contributed by atoms with Crippen molar-refractivity contribution in [1.82, 2.24) is 10.1 Å². The quantitative estimate of drug-likeness (QED) is 0.612. The van der Waals surface area contributed by atoms with E-state index in [4.69, 9.17) is 27.7 Å². The number of aromatic nitrogens is 2. The van der Waals surface area contributed by atoms with Gasteiger partial charge in [0.1, 0.15) is 5.56 Å². The van der Waals surface area contributed by atoms with Gasteiger partial charge in [0.25, 0.3) is 16.9 Å². The van der Waals surface area contributed by atoms with E-state index < -0.39 is 4.92 Å². The Morgan fingerprint density at radius 3 is 2.69 bits per heavy atom. The summed E-state index contributed by atoms with van der Waals surface area (Å²) in [5, 5.41) is 14.1. The molecule has 0 radical (unpaired) electrons. The molecule has 0 saturated heterocycles. The third kappa shape index (κ3) is 1.84. The summed E-state index contributed by atoms with van der Waals surface area (Å²) in [4.78, 5) is 13.9. The maximum Gasteiger partial charge on any atom is 0.283 e. The fourth-order valence-corrected chi connectivity index (χ4v) is 1.55. The number of benzene rings is 1. The van der Waals surface area contributed by atoms with Crippen LogP contribution in [0.5, 0.6) is 0 Å². The summed E-state index contributed by atoms with van der Waals surface area (Å²) in [6.07, 6.45) is 0. The second kappa shape index (κ2) is 4.07. The standard InChI is InChI=1S/C8H3Cl2N3O3/c9-4-2-1-3-5(13(14)15)6(4)7-11-8(10)12-16-7/h1-3H. The van der Waals surface area contributed by atoms with Gasteiger partial charge in [-0.2, -0.15) is 4.98 Å². The smallest absolute Gasteiger partial charge is 0.283 e. The highest BCUT2D eigenvalue weighted by Crippen LogP contribution is 2.35. The van der Waals surface area contributed by atoms with Crippen LogP contribution in [0.1, 0.15) is 0 Å². The molecule has 0 amide bonds. The van der Waals surface area contributed by atoms with Crippen molar-refractivity contribution >= 4 is 28.9 Å². The number of halogens is 2. The van der Waals surface area contributed by atoms with Crippen molar-refractivity contribution in [2.75, 3.05) is 0 Å². The molecule has 0 aliphatic carbocycles. The first kappa shape index (κ1) is 10.8. The van der Waals surface area contributed by atoms with Gasteiger partial charge < -0.3 is 4.52 Å². The highest BCUT2D eigenvalue weighted by molar-refractivity contribution is 6.33. The minimum Gasteiger partial charge on any atom is -0.332 e. The molecule has 1 aromatic heterocycles. The summed E-state index contributed by atoms with van der Waals surface area (Å²) in [5.41, 5.74) is -0.151. The number of hydrogen-bond acceptors (Lipinski definition) is 5. The van der Waals surface area contributed by atoms with Crippen molar-refractivity contribution in [3.8, 4) is 11.5 Å². The van der Waals surface area contributed by atoms with Gasteiger partial charge in [0, 0.05) is 6.07 Å². The van der Waals surface area contributed by atoms with Gasteiger partial charge >= 0.3 is 0 Å². The molecule has 0 N–H and O–H groups in total. The molecule has 0 aliphatic heterocycles. The minimum atomic E-state index is -0.584. The molecule has 82 valence electrons. The molecular formula is C8H3Cl2N3O3. The average molecular weight is 260 g/mol. The zero-order chi connectivity index (χ0) is 11.7. The Morgan fingerprint density at radius 1 is 1.38 bits per heavy atom. The van der Waals surface area contributed by atoms with Crippen molar-refractivity contribution in [3.63, 3.8) is 0 Å². The van der Waals surface area contributed by atoms with Crippen LogP contribution >= 0.6 is 23.2 Å². The Bertz CT molecular complexity index is 555. The molecule has 0 atom stereocenters. The van der Waals surface area contributed by atoms with Crippen molar-refractivity contribution in [3.05, 3.63) is 38.6 Å². The molecule has 0 aliphatic rings. The molecule has 8 heteroatoms. The van der Waals surface area contributed by atoms with Gasteiger partial charge in [0.15, 0.2) is 0 Å². The Labute approximate surface area is 98.9 Å². The summed E-state index contributed by atoms with van der Waals surface area (Å²) in [5.74, 6) is -0.0812. The fourth-order valence-electron chi connectivity index (χ4n) is 1.18. The Balaban J connectivity index is 2.67. The maximum absolute atomic E-state index is 10.8. The largest absolute Gasteiger partial charge is 0.332 e. The molecule has 1 aromatic carbocycles. The molecule has 2 aromatic rings. The van der Waals surface area contributed by atoms with Gasteiger partial charge in [-0.05, 0) is 22.8 Å².